The molecule has 3 aliphatic rings. The summed E-state index contributed by atoms with van der Waals surface area (Å²) in [5.74, 6) is -3.54. The molecular weight excluding hydrogens is 502 g/mol. The van der Waals surface area contributed by atoms with Crippen LogP contribution in [0.25, 0.3) is 0 Å². The van der Waals surface area contributed by atoms with E-state index in [0.29, 0.717) is 5.75 Å². The summed E-state index contributed by atoms with van der Waals surface area (Å²) in [6, 6.07) is -2.29. The van der Waals surface area contributed by atoms with Gasteiger partial charge in [-0.1, -0.05) is 24.3 Å². The first kappa shape index (κ1) is 28.7. The lowest BCUT2D eigenvalue weighted by Crippen LogP contribution is -2.49. The highest BCUT2D eigenvalue weighted by Gasteiger charge is 2.53. The van der Waals surface area contributed by atoms with Gasteiger partial charge >= 0.3 is 17.9 Å². The maximum atomic E-state index is 12.8. The number of carboxylic acids is 2. The molecule has 6 N–H and O–H groups in total. The summed E-state index contributed by atoms with van der Waals surface area (Å²) in [5.41, 5.74) is 7.71. The van der Waals surface area contributed by atoms with Crippen molar-refractivity contribution in [1.82, 2.24) is 10.6 Å². The zero-order valence-corrected chi connectivity index (χ0v) is 21.5. The van der Waals surface area contributed by atoms with Gasteiger partial charge in [-0.3, -0.25) is 24.0 Å². The average molecular weight is 538 g/mol. The molecule has 11 nitrogen and oxygen atoms in total. The van der Waals surface area contributed by atoms with Crippen LogP contribution in [0.3, 0.4) is 0 Å². The van der Waals surface area contributed by atoms with Gasteiger partial charge in [0.05, 0.1) is 5.92 Å². The number of aliphatic carboxylic acids is 2. The predicted molar refractivity (Wildman–Crippen MR) is 135 cm³/mol. The van der Waals surface area contributed by atoms with E-state index in [0.717, 1.165) is 31.3 Å². The smallest absolute Gasteiger partial charge is 0.322 e. The monoisotopic (exact) mass is 537 g/mol. The van der Waals surface area contributed by atoms with E-state index in [1.807, 2.05) is 0 Å². The topological polar surface area (TPSA) is 185 Å². The number of nitrogens with two attached hydrogens (primary N) is 1. The summed E-state index contributed by atoms with van der Waals surface area (Å²) in [6.07, 6.45) is 2.92. The number of carbonyl (C=O) groups is 5. The van der Waals surface area contributed by atoms with E-state index in [-0.39, 0.29) is 54.3 Å². The Kier molecular flexibility index (Phi) is 9.77. The lowest BCUT2D eigenvalue weighted by atomic mass is 9.80. The Morgan fingerprint density at radius 1 is 1.14 bits per heavy atom. The first-order valence-electron chi connectivity index (χ1n) is 12.4. The third-order valence-electron chi connectivity index (χ3n) is 7.50. The highest BCUT2D eigenvalue weighted by atomic mass is 32.2. The molecule has 1 heterocycles. The third kappa shape index (κ3) is 7.13. The SMILES string of the molecule is C=C1CC[C@H]2C(CSC[C@H](NC(=O)CC[C@H](N)C(=O)O)C(=O)NCC(=O)O)C(=O)O[C@@H]2C2C(=C)CCC12. The van der Waals surface area contributed by atoms with E-state index in [9.17, 15) is 24.0 Å². The van der Waals surface area contributed by atoms with Crippen LogP contribution in [0.2, 0.25) is 0 Å². The van der Waals surface area contributed by atoms with E-state index in [2.05, 4.69) is 23.8 Å². The molecule has 3 fully saturated rings. The van der Waals surface area contributed by atoms with Crippen molar-refractivity contribution in [2.45, 2.75) is 56.7 Å². The van der Waals surface area contributed by atoms with Gasteiger partial charge < -0.3 is 31.3 Å². The average Bonchev–Trinajstić information content (AvgIpc) is 3.33. The lowest BCUT2D eigenvalue weighted by Gasteiger charge is -2.27. The second kappa shape index (κ2) is 12.6. The number of ether oxygens (including phenoxy) is 1. The van der Waals surface area contributed by atoms with Crippen LogP contribution in [0.1, 0.15) is 38.5 Å². The molecule has 0 radical (unpaired) electrons. The van der Waals surface area contributed by atoms with Crippen LogP contribution < -0.4 is 16.4 Å². The predicted octanol–water partition coefficient (Wildman–Crippen LogP) is 0.688. The molecule has 2 aliphatic carbocycles. The maximum Gasteiger partial charge on any atom is 0.322 e. The van der Waals surface area contributed by atoms with Crippen LogP contribution in [-0.2, 0) is 28.7 Å². The minimum Gasteiger partial charge on any atom is -0.480 e. The highest BCUT2D eigenvalue weighted by Crippen LogP contribution is 2.52. The zero-order valence-electron chi connectivity index (χ0n) is 20.6. The Morgan fingerprint density at radius 2 is 1.84 bits per heavy atom. The van der Waals surface area contributed by atoms with Gasteiger partial charge in [-0.25, -0.2) is 0 Å². The molecular formula is C25H35N3O8S. The summed E-state index contributed by atoms with van der Waals surface area (Å²) in [7, 11) is 0. The van der Waals surface area contributed by atoms with Crippen molar-refractivity contribution in [1.29, 1.82) is 0 Å². The molecule has 2 amide bonds. The standard InChI is InChI=1S/C25H35N3O8S/c1-12-3-6-15-16(25(35)36-22(15)21-13(2)4-5-14(12)21)10-37-11-18(23(32)27-9-20(30)31)28-19(29)8-7-17(26)24(33)34/h14-18,21-22H,1-11,26H2,(H,27,32)(H,28,29)(H,30,31)(H,33,34)/t14?,15-,16?,17-,18-,21?,22-/m0/s1. The van der Waals surface area contributed by atoms with Gasteiger partial charge in [0.25, 0.3) is 0 Å². The number of hydrogen-bond donors (Lipinski definition) is 5. The van der Waals surface area contributed by atoms with Crippen molar-refractivity contribution in [3.8, 4) is 0 Å². The Balaban J connectivity index is 1.61. The molecule has 1 aliphatic heterocycles. The van der Waals surface area contributed by atoms with Gasteiger partial charge in [-0.15, -0.1) is 0 Å². The molecule has 0 aromatic carbocycles. The van der Waals surface area contributed by atoms with E-state index < -0.39 is 42.4 Å². The van der Waals surface area contributed by atoms with Crippen molar-refractivity contribution in [2.75, 3.05) is 18.1 Å². The summed E-state index contributed by atoms with van der Waals surface area (Å²) < 4.78 is 5.87. The van der Waals surface area contributed by atoms with E-state index >= 15 is 0 Å². The Hall–Kier alpha value is -2.86. The van der Waals surface area contributed by atoms with E-state index in [1.54, 1.807) is 0 Å². The molecule has 0 aromatic rings. The van der Waals surface area contributed by atoms with Crippen LogP contribution in [0.5, 0.6) is 0 Å². The van der Waals surface area contributed by atoms with Crippen molar-refractivity contribution in [3.05, 3.63) is 24.3 Å². The molecule has 12 heteroatoms. The van der Waals surface area contributed by atoms with Gasteiger partial charge in [-0.05, 0) is 38.0 Å². The van der Waals surface area contributed by atoms with Crippen LogP contribution in [0.15, 0.2) is 24.3 Å². The summed E-state index contributed by atoms with van der Waals surface area (Å²) in [6.45, 7) is 7.87. The van der Waals surface area contributed by atoms with Crippen LogP contribution in [0.4, 0.5) is 0 Å². The van der Waals surface area contributed by atoms with Crippen molar-refractivity contribution < 1.29 is 38.9 Å². The molecule has 1 saturated heterocycles. The highest BCUT2D eigenvalue weighted by molar-refractivity contribution is 7.99. The molecule has 204 valence electrons. The van der Waals surface area contributed by atoms with E-state index in [4.69, 9.17) is 20.7 Å². The fraction of sp³-hybridized carbons (Fsp3) is 0.640. The minimum absolute atomic E-state index is 0.00739. The zero-order chi connectivity index (χ0) is 27.3. The quantitative estimate of drug-likeness (QED) is 0.175. The largest absolute Gasteiger partial charge is 0.480 e. The number of hydrogen-bond acceptors (Lipinski definition) is 8. The molecule has 37 heavy (non-hydrogen) atoms. The van der Waals surface area contributed by atoms with Crippen molar-refractivity contribution >= 4 is 41.5 Å². The lowest BCUT2D eigenvalue weighted by molar-refractivity contribution is -0.145. The van der Waals surface area contributed by atoms with Crippen LogP contribution >= 0.6 is 11.8 Å². The fourth-order valence-corrected chi connectivity index (χ4v) is 6.74. The minimum atomic E-state index is -1.24. The Labute approximate surface area is 219 Å². The molecule has 3 unspecified atom stereocenters. The van der Waals surface area contributed by atoms with Crippen LogP contribution in [-0.4, -0.2) is 76.2 Å². The van der Waals surface area contributed by atoms with E-state index in [1.165, 1.54) is 17.3 Å². The van der Waals surface area contributed by atoms with Crippen molar-refractivity contribution in [2.24, 2.45) is 29.4 Å². The summed E-state index contributed by atoms with van der Waals surface area (Å²) in [4.78, 5) is 59.5. The first-order valence-corrected chi connectivity index (χ1v) is 13.6. The second-order valence-corrected chi connectivity index (χ2v) is 11.0. The number of carbonyl (C=O) groups excluding carboxylic acids is 3. The number of amides is 2. The third-order valence-corrected chi connectivity index (χ3v) is 8.66. The fourth-order valence-electron chi connectivity index (χ4n) is 5.50. The molecule has 7 atom stereocenters. The normalized spacial score (nSPS) is 28.4. The van der Waals surface area contributed by atoms with Crippen molar-refractivity contribution in [3.63, 3.8) is 0 Å². The number of thioether (sulfide) groups is 1. The number of rotatable bonds is 12. The number of fused-ring (bicyclic) bond motifs is 3. The van der Waals surface area contributed by atoms with Crippen LogP contribution in [0, 0.1) is 23.7 Å². The first-order chi connectivity index (χ1) is 17.5. The molecule has 3 rings (SSSR count). The molecule has 0 aromatic heterocycles. The summed E-state index contributed by atoms with van der Waals surface area (Å²) in [5, 5.41) is 22.5. The Bertz CT molecular complexity index is 970. The Morgan fingerprint density at radius 3 is 2.51 bits per heavy atom. The van der Waals surface area contributed by atoms with Gasteiger partial charge in [0, 0.05) is 29.8 Å². The number of allylic oxidation sites excluding steroid dienone is 1. The van der Waals surface area contributed by atoms with Gasteiger partial charge in [-0.2, -0.15) is 11.8 Å². The number of esters is 1. The molecule has 0 spiro atoms. The molecule has 2 saturated carbocycles. The van der Waals surface area contributed by atoms with Gasteiger partial charge in [0.15, 0.2) is 0 Å². The maximum absolute atomic E-state index is 12.8. The number of nitrogens with one attached hydrogen (secondary N) is 2. The molecule has 0 bridgehead atoms. The second-order valence-electron chi connectivity index (χ2n) is 9.95. The number of carboxylic acid groups (broad SMARTS) is 2. The van der Waals surface area contributed by atoms with Gasteiger partial charge in [0.1, 0.15) is 24.7 Å². The summed E-state index contributed by atoms with van der Waals surface area (Å²) >= 11 is 1.30. The van der Waals surface area contributed by atoms with Gasteiger partial charge in [0.2, 0.25) is 11.8 Å².